The monoisotopic (exact) mass is 433 g/mol. The second-order valence-corrected chi connectivity index (χ2v) is 8.56. The van der Waals surface area contributed by atoms with Crippen LogP contribution in [0.1, 0.15) is 37.8 Å². The van der Waals surface area contributed by atoms with E-state index in [1.54, 1.807) is 20.2 Å². The fourth-order valence-electron chi connectivity index (χ4n) is 3.89. The lowest BCUT2D eigenvalue weighted by molar-refractivity contribution is 0.0721. The molecular formula is C26H32FN5. The first-order valence-electron chi connectivity index (χ1n) is 10.8. The SMILES string of the molecule is C=C/C(=C\N(C)C)c1cccc(-c2ncc(C(/C=C\C)=N/C)c(NC3CC(C)(F)C3)n2)c1. The highest BCUT2D eigenvalue weighted by atomic mass is 19.1. The van der Waals surface area contributed by atoms with Crippen LogP contribution in [-0.4, -0.2) is 53.4 Å². The molecule has 1 aliphatic rings. The summed E-state index contributed by atoms with van der Waals surface area (Å²) in [5.41, 5.74) is 3.40. The van der Waals surface area contributed by atoms with Gasteiger partial charge in [-0.1, -0.05) is 36.9 Å². The molecule has 2 aromatic rings. The average Bonchev–Trinajstić information content (AvgIpc) is 2.74. The second-order valence-electron chi connectivity index (χ2n) is 8.56. The van der Waals surface area contributed by atoms with Gasteiger partial charge in [0.2, 0.25) is 0 Å². The van der Waals surface area contributed by atoms with Gasteiger partial charge >= 0.3 is 0 Å². The highest BCUT2D eigenvalue weighted by molar-refractivity contribution is 6.11. The Hall–Kier alpha value is -3.28. The summed E-state index contributed by atoms with van der Waals surface area (Å²) in [6, 6.07) is 8.11. The molecule has 0 radical (unpaired) electrons. The van der Waals surface area contributed by atoms with Crippen LogP contribution in [0, 0.1) is 0 Å². The van der Waals surface area contributed by atoms with E-state index in [2.05, 4.69) is 27.9 Å². The van der Waals surface area contributed by atoms with Gasteiger partial charge in [0.05, 0.1) is 11.3 Å². The molecule has 0 atom stereocenters. The van der Waals surface area contributed by atoms with Gasteiger partial charge in [0.15, 0.2) is 5.82 Å². The summed E-state index contributed by atoms with van der Waals surface area (Å²) in [5, 5.41) is 3.42. The van der Waals surface area contributed by atoms with Gasteiger partial charge in [-0.2, -0.15) is 0 Å². The summed E-state index contributed by atoms with van der Waals surface area (Å²) >= 11 is 0. The van der Waals surface area contributed by atoms with E-state index in [0.717, 1.165) is 28.0 Å². The highest BCUT2D eigenvalue weighted by Gasteiger charge is 2.41. The van der Waals surface area contributed by atoms with E-state index in [1.807, 2.05) is 68.5 Å². The quantitative estimate of drug-likeness (QED) is 0.439. The third kappa shape index (κ3) is 5.49. The van der Waals surface area contributed by atoms with Crippen molar-refractivity contribution in [2.45, 2.75) is 38.4 Å². The van der Waals surface area contributed by atoms with E-state index in [9.17, 15) is 4.39 Å². The number of halogens is 1. The second kappa shape index (κ2) is 9.90. The molecule has 1 N–H and O–H groups in total. The van der Waals surface area contributed by atoms with Crippen molar-refractivity contribution in [3.8, 4) is 11.4 Å². The molecule has 0 bridgehead atoms. The lowest BCUT2D eigenvalue weighted by Crippen LogP contribution is -2.45. The van der Waals surface area contributed by atoms with E-state index in [0.29, 0.717) is 24.5 Å². The van der Waals surface area contributed by atoms with E-state index in [-0.39, 0.29) is 6.04 Å². The summed E-state index contributed by atoms with van der Waals surface area (Å²) < 4.78 is 14.1. The van der Waals surface area contributed by atoms with Crippen molar-refractivity contribution >= 4 is 17.1 Å². The molecule has 1 fully saturated rings. The Bertz CT molecular complexity index is 1060. The number of nitrogens with one attached hydrogen (secondary N) is 1. The van der Waals surface area contributed by atoms with E-state index in [4.69, 9.17) is 4.98 Å². The number of hydrogen-bond donors (Lipinski definition) is 1. The normalized spacial score (nSPS) is 21.4. The number of aliphatic imine (C=N–C) groups is 1. The summed E-state index contributed by atoms with van der Waals surface area (Å²) in [4.78, 5) is 15.8. The molecule has 1 aliphatic carbocycles. The smallest absolute Gasteiger partial charge is 0.161 e. The zero-order chi connectivity index (χ0) is 23.3. The number of anilines is 1. The van der Waals surface area contributed by atoms with Crippen LogP contribution in [0.15, 0.2) is 66.5 Å². The molecule has 1 aromatic carbocycles. The lowest BCUT2D eigenvalue weighted by atomic mass is 9.79. The van der Waals surface area contributed by atoms with Crippen LogP contribution in [0.2, 0.25) is 0 Å². The topological polar surface area (TPSA) is 53.4 Å². The zero-order valence-electron chi connectivity index (χ0n) is 19.6. The molecule has 1 heterocycles. The van der Waals surface area contributed by atoms with Crippen molar-refractivity contribution in [1.29, 1.82) is 0 Å². The van der Waals surface area contributed by atoms with Crippen LogP contribution in [0.3, 0.4) is 0 Å². The fourth-order valence-corrected chi connectivity index (χ4v) is 3.89. The summed E-state index contributed by atoms with van der Waals surface area (Å²) in [5.74, 6) is 1.28. The maximum atomic E-state index is 14.1. The first kappa shape index (κ1) is 23.4. The van der Waals surface area contributed by atoms with Crippen molar-refractivity contribution in [3.63, 3.8) is 0 Å². The summed E-state index contributed by atoms with van der Waals surface area (Å²) in [6.07, 6.45) is 10.4. The molecule has 1 saturated carbocycles. The maximum Gasteiger partial charge on any atom is 0.161 e. The van der Waals surface area contributed by atoms with Gasteiger partial charge in [-0.25, -0.2) is 14.4 Å². The molecule has 3 rings (SSSR count). The van der Waals surface area contributed by atoms with Crippen molar-refractivity contribution in [2.24, 2.45) is 4.99 Å². The molecule has 0 amide bonds. The highest BCUT2D eigenvalue weighted by Crippen LogP contribution is 2.37. The number of nitrogens with zero attached hydrogens (tertiary/aromatic N) is 4. The van der Waals surface area contributed by atoms with Crippen molar-refractivity contribution in [1.82, 2.24) is 14.9 Å². The Morgan fingerprint density at radius 3 is 2.69 bits per heavy atom. The minimum absolute atomic E-state index is 0.0388. The van der Waals surface area contributed by atoms with Gasteiger partial charge in [0.1, 0.15) is 11.5 Å². The number of hydrogen-bond acceptors (Lipinski definition) is 5. The number of aromatic nitrogens is 2. The Morgan fingerprint density at radius 2 is 2.09 bits per heavy atom. The minimum Gasteiger partial charge on any atom is -0.383 e. The molecule has 168 valence electrons. The van der Waals surface area contributed by atoms with Crippen LogP contribution >= 0.6 is 0 Å². The van der Waals surface area contributed by atoms with Crippen molar-refractivity contribution < 1.29 is 4.39 Å². The number of alkyl halides is 1. The van der Waals surface area contributed by atoms with Crippen LogP contribution in [0.5, 0.6) is 0 Å². The number of rotatable bonds is 8. The molecule has 0 saturated heterocycles. The third-order valence-corrected chi connectivity index (χ3v) is 5.39. The van der Waals surface area contributed by atoms with Crippen molar-refractivity contribution in [2.75, 3.05) is 26.5 Å². The van der Waals surface area contributed by atoms with Gasteiger partial charge in [0.25, 0.3) is 0 Å². The van der Waals surface area contributed by atoms with Gasteiger partial charge in [-0.05, 0) is 37.1 Å². The number of allylic oxidation sites excluding steroid dienone is 4. The van der Waals surface area contributed by atoms with Crippen molar-refractivity contribution in [3.05, 3.63) is 72.6 Å². The third-order valence-electron chi connectivity index (χ3n) is 5.39. The first-order valence-corrected chi connectivity index (χ1v) is 10.8. The maximum absolute atomic E-state index is 14.1. The predicted octanol–water partition coefficient (Wildman–Crippen LogP) is 5.53. The molecule has 0 unspecified atom stereocenters. The molecular weight excluding hydrogens is 401 g/mol. The van der Waals surface area contributed by atoms with Gasteiger partial charge < -0.3 is 10.2 Å². The van der Waals surface area contributed by atoms with Gasteiger partial charge in [-0.3, -0.25) is 4.99 Å². The molecule has 5 nitrogen and oxygen atoms in total. The van der Waals surface area contributed by atoms with E-state index >= 15 is 0 Å². The van der Waals surface area contributed by atoms with E-state index in [1.165, 1.54) is 0 Å². The predicted molar refractivity (Wildman–Crippen MR) is 133 cm³/mol. The Kier molecular flexibility index (Phi) is 7.23. The zero-order valence-corrected chi connectivity index (χ0v) is 19.6. The van der Waals surface area contributed by atoms with Crippen LogP contribution in [0.25, 0.3) is 17.0 Å². The summed E-state index contributed by atoms with van der Waals surface area (Å²) in [7, 11) is 5.70. The Morgan fingerprint density at radius 1 is 1.34 bits per heavy atom. The average molecular weight is 434 g/mol. The number of benzene rings is 1. The molecule has 6 heteroatoms. The molecule has 1 aromatic heterocycles. The largest absolute Gasteiger partial charge is 0.383 e. The first-order chi connectivity index (χ1) is 15.3. The lowest BCUT2D eigenvalue weighted by Gasteiger charge is -2.39. The van der Waals surface area contributed by atoms with E-state index < -0.39 is 5.67 Å². The molecule has 32 heavy (non-hydrogen) atoms. The van der Waals surface area contributed by atoms with Crippen LogP contribution in [-0.2, 0) is 0 Å². The van der Waals surface area contributed by atoms with Gasteiger partial charge in [0, 0.05) is 58.0 Å². The summed E-state index contributed by atoms with van der Waals surface area (Å²) in [6.45, 7) is 7.52. The molecule has 0 aliphatic heterocycles. The van der Waals surface area contributed by atoms with Crippen LogP contribution in [0.4, 0.5) is 10.2 Å². The van der Waals surface area contributed by atoms with Gasteiger partial charge in [-0.15, -0.1) is 0 Å². The van der Waals surface area contributed by atoms with Crippen LogP contribution < -0.4 is 5.32 Å². The minimum atomic E-state index is -1.12. The Balaban J connectivity index is 2.02. The fraction of sp³-hybridized carbons (Fsp3) is 0.346. The standard InChI is InChI=1S/C26H32FN5/c1-7-10-23(28-4)22-16-29-24(31-25(22)30-21-14-26(3,27)15-21)20-12-9-11-19(13-20)18(8-2)17-32(5)6/h7-13,16-17,21H,2,14-15H2,1,3-6H3,(H,29,30,31)/b10-7-,18-17+,28-23+. The Labute approximate surface area is 190 Å². The molecule has 0 spiro atoms.